The van der Waals surface area contributed by atoms with Crippen LogP contribution in [0.15, 0.2) is 0 Å². The van der Waals surface area contributed by atoms with E-state index in [1.165, 1.54) is 0 Å². The van der Waals surface area contributed by atoms with Crippen LogP contribution >= 0.6 is 0 Å². The molecule has 0 heterocycles. The molecule has 0 fully saturated rings. The van der Waals surface area contributed by atoms with E-state index in [-0.39, 0.29) is 100 Å². The Labute approximate surface area is 126 Å². The molecule has 0 unspecified atom stereocenters. The predicted octanol–water partition coefficient (Wildman–Crippen LogP) is -5.99. The van der Waals surface area contributed by atoms with E-state index in [4.69, 9.17) is 15.9 Å². The quantitative estimate of drug-likeness (QED) is 0.416. The van der Waals surface area contributed by atoms with Crippen molar-refractivity contribution in [1.29, 1.82) is 0 Å². The summed E-state index contributed by atoms with van der Waals surface area (Å²) in [7, 11) is 0. The Morgan fingerprint density at radius 2 is 1.14 bits per heavy atom. The second kappa shape index (κ2) is 7.37. The fourth-order valence-electron chi connectivity index (χ4n) is 0. The molecular weight excluding hydrogens is 292 g/mol. The van der Waals surface area contributed by atoms with Gasteiger partial charge < -0.3 is 0 Å². The van der Waals surface area contributed by atoms with Crippen molar-refractivity contribution in [2.45, 2.75) is 0 Å². The molecule has 0 radical (unpaired) electrons. The van der Waals surface area contributed by atoms with Crippen LogP contribution < -0.4 is 59.7 Å². The average molecular weight is 292 g/mol. The number of rotatable bonds is 0. The van der Waals surface area contributed by atoms with Gasteiger partial charge in [0, 0.05) is 0 Å². The fraction of sp³-hybridized carbons (Fsp3) is 0. The summed E-state index contributed by atoms with van der Waals surface area (Å²) in [5, 5.41) is 0. The van der Waals surface area contributed by atoms with Gasteiger partial charge in [0.25, 0.3) is 0 Å². The van der Waals surface area contributed by atoms with Crippen LogP contribution in [0.3, 0.4) is 0 Å². The SMILES string of the molecule is [Ba+2].[K+].[O]=[Cr](=[O])([O-])[O-]. The molecule has 0 aromatic carbocycles. The van der Waals surface area contributed by atoms with Crippen LogP contribution in [0.25, 0.3) is 0 Å². The van der Waals surface area contributed by atoms with Gasteiger partial charge in [0.15, 0.2) is 0 Å². The van der Waals surface area contributed by atoms with Crippen molar-refractivity contribution in [2.75, 3.05) is 0 Å². The van der Waals surface area contributed by atoms with Crippen LogP contribution in [0.5, 0.6) is 0 Å². The summed E-state index contributed by atoms with van der Waals surface area (Å²) in [4.78, 5) is 0. The molecule has 0 saturated carbocycles. The molecule has 0 rings (SSSR count). The van der Waals surface area contributed by atoms with Crippen LogP contribution in [0.1, 0.15) is 0 Å². The van der Waals surface area contributed by atoms with Crippen LogP contribution in [0.2, 0.25) is 0 Å². The Hall–Kier alpha value is 3.26. The summed E-state index contributed by atoms with van der Waals surface area (Å²) in [6.45, 7) is 0. The summed E-state index contributed by atoms with van der Waals surface area (Å²) < 4.78 is 34.4. The second-order valence-corrected chi connectivity index (χ2v) is 1.68. The van der Waals surface area contributed by atoms with Gasteiger partial charge >= 0.3 is 130 Å². The molecule has 0 aromatic heterocycles. The van der Waals surface area contributed by atoms with Crippen molar-refractivity contribution in [3.8, 4) is 0 Å². The molecule has 0 aliphatic rings. The topological polar surface area (TPSA) is 80.3 Å². The molecule has 0 aromatic rings. The molecular formula is BaCrKO4+. The zero-order valence-corrected chi connectivity index (χ0v) is 12.6. The molecule has 0 bridgehead atoms. The van der Waals surface area contributed by atoms with Crippen LogP contribution in [0, 0.1) is 0 Å². The number of hydrogen-bond donors (Lipinski definition) is 0. The molecule has 0 spiro atoms. The zero-order chi connectivity index (χ0) is 4.50. The first-order chi connectivity index (χ1) is 2.00. The minimum atomic E-state index is -5.75. The average Bonchev–Trinajstić information content (AvgIpc) is 0.722. The molecule has 0 saturated heterocycles. The summed E-state index contributed by atoms with van der Waals surface area (Å²) in [5.41, 5.74) is 0. The van der Waals surface area contributed by atoms with E-state index < -0.39 is 13.6 Å². The zero-order valence-electron chi connectivity index (χ0n) is 3.75. The van der Waals surface area contributed by atoms with Gasteiger partial charge in [-0.1, -0.05) is 0 Å². The van der Waals surface area contributed by atoms with Crippen LogP contribution in [0.4, 0.5) is 0 Å². The van der Waals surface area contributed by atoms with Gasteiger partial charge in [-0.25, -0.2) is 0 Å². The Morgan fingerprint density at radius 3 is 1.14 bits per heavy atom. The minimum absolute atomic E-state index is 0. The van der Waals surface area contributed by atoms with Gasteiger partial charge in [-0.2, -0.15) is 0 Å². The Bertz CT molecular complexity index is 94.9. The molecule has 0 amide bonds. The molecule has 0 aliphatic carbocycles. The Kier molecular flexibility index (Phi) is 17.6. The molecule has 7 heteroatoms. The Balaban J connectivity index is -0.0000000800. The molecule has 0 N–H and O–H groups in total. The monoisotopic (exact) mass is 293 g/mol. The van der Waals surface area contributed by atoms with E-state index in [1.807, 2.05) is 0 Å². The van der Waals surface area contributed by atoms with Crippen molar-refractivity contribution in [2.24, 2.45) is 0 Å². The first kappa shape index (κ1) is 16.7. The van der Waals surface area contributed by atoms with E-state index in [9.17, 15) is 0 Å². The Morgan fingerprint density at radius 1 is 1.14 bits per heavy atom. The van der Waals surface area contributed by atoms with Crippen LogP contribution in [-0.2, 0) is 21.2 Å². The summed E-state index contributed by atoms with van der Waals surface area (Å²) in [6.07, 6.45) is 0. The van der Waals surface area contributed by atoms with E-state index in [2.05, 4.69) is 0 Å². The molecule has 0 aliphatic heterocycles. The fourth-order valence-corrected chi connectivity index (χ4v) is 0. The molecule has 7 heavy (non-hydrogen) atoms. The van der Waals surface area contributed by atoms with Crippen molar-refractivity contribution in [1.82, 2.24) is 0 Å². The third kappa shape index (κ3) is 45.9. The van der Waals surface area contributed by atoms with Gasteiger partial charge in [0.2, 0.25) is 0 Å². The standard InChI is InChI=1S/Ba.Cr.K.4O/q+2;;+1;;;2*-1. The van der Waals surface area contributed by atoms with Gasteiger partial charge in [-0.15, -0.1) is 0 Å². The van der Waals surface area contributed by atoms with Crippen LogP contribution in [-0.4, -0.2) is 48.9 Å². The van der Waals surface area contributed by atoms with Gasteiger partial charge in [-0.3, -0.25) is 0 Å². The number of hydrogen-bond acceptors (Lipinski definition) is 4. The third-order valence-electron chi connectivity index (χ3n) is 0. The van der Waals surface area contributed by atoms with Gasteiger partial charge in [-0.05, 0) is 0 Å². The predicted molar refractivity (Wildman–Crippen MR) is 7.13 cm³/mol. The summed E-state index contributed by atoms with van der Waals surface area (Å²) in [5.74, 6) is 0. The maximum atomic E-state index is 8.59. The molecule has 32 valence electrons. The van der Waals surface area contributed by atoms with E-state index in [1.54, 1.807) is 0 Å². The van der Waals surface area contributed by atoms with Gasteiger partial charge in [0.05, 0.1) is 0 Å². The van der Waals surface area contributed by atoms with E-state index in [0.29, 0.717) is 0 Å². The summed E-state index contributed by atoms with van der Waals surface area (Å²) >= 11 is -5.75. The molecule has 4 nitrogen and oxygen atoms in total. The summed E-state index contributed by atoms with van der Waals surface area (Å²) in [6, 6.07) is 0. The molecule has 0 atom stereocenters. The van der Waals surface area contributed by atoms with Crippen molar-refractivity contribution in [3.05, 3.63) is 0 Å². The van der Waals surface area contributed by atoms with Crippen molar-refractivity contribution in [3.63, 3.8) is 0 Å². The first-order valence-corrected chi connectivity index (χ1v) is 2.75. The first-order valence-electron chi connectivity index (χ1n) is 0.667. The second-order valence-electron chi connectivity index (χ2n) is 0.408. The van der Waals surface area contributed by atoms with Gasteiger partial charge in [0.1, 0.15) is 0 Å². The normalized spacial score (nSPS) is 8.29. The van der Waals surface area contributed by atoms with Crippen molar-refractivity contribution >= 4 is 48.9 Å². The van der Waals surface area contributed by atoms with E-state index in [0.717, 1.165) is 0 Å². The maximum absolute atomic E-state index is 8.59. The van der Waals surface area contributed by atoms with Crippen molar-refractivity contribution < 1.29 is 80.9 Å². The van der Waals surface area contributed by atoms with E-state index >= 15 is 0 Å². The third-order valence-corrected chi connectivity index (χ3v) is 0.